The second-order valence-corrected chi connectivity index (χ2v) is 9.27. The molecule has 0 unspecified atom stereocenters. The van der Waals surface area contributed by atoms with Crippen LogP contribution in [0.1, 0.15) is 49.1 Å². The minimum absolute atomic E-state index is 0.221. The molecule has 6 heteroatoms. The number of nitrogens with zero attached hydrogens (tertiary/aromatic N) is 1. The molecular weight excluding hydrogens is 372 g/mol. The van der Waals surface area contributed by atoms with Gasteiger partial charge < -0.3 is 5.32 Å². The lowest BCUT2D eigenvalue weighted by Gasteiger charge is -2.30. The highest BCUT2D eigenvalue weighted by atomic mass is 32.2. The van der Waals surface area contributed by atoms with Crippen LogP contribution < -0.4 is 9.62 Å². The average Bonchev–Trinajstić information content (AvgIpc) is 2.59. The highest BCUT2D eigenvalue weighted by Gasteiger charge is 2.30. The van der Waals surface area contributed by atoms with E-state index in [0.29, 0.717) is 5.69 Å². The topological polar surface area (TPSA) is 66.5 Å². The second-order valence-electron chi connectivity index (χ2n) is 7.41. The predicted molar refractivity (Wildman–Crippen MR) is 115 cm³/mol. The second kappa shape index (κ2) is 8.78. The van der Waals surface area contributed by atoms with E-state index >= 15 is 0 Å². The molecule has 1 amide bonds. The van der Waals surface area contributed by atoms with E-state index in [1.54, 1.807) is 19.1 Å². The minimum atomic E-state index is -3.63. The first-order chi connectivity index (χ1) is 13.0. The number of carbonyl (C=O) groups excluding carboxylic acids is 1. The summed E-state index contributed by atoms with van der Waals surface area (Å²) < 4.78 is 26.1. The maximum absolute atomic E-state index is 12.9. The van der Waals surface area contributed by atoms with Gasteiger partial charge >= 0.3 is 0 Å². The normalized spacial score (nSPS) is 13.6. The number of anilines is 1. The van der Waals surface area contributed by atoms with E-state index < -0.39 is 16.1 Å². The minimum Gasteiger partial charge on any atom is -0.348 e. The summed E-state index contributed by atoms with van der Waals surface area (Å²) in [6.45, 7) is 9.41. The molecule has 0 aliphatic carbocycles. The molecule has 0 radical (unpaired) electrons. The molecule has 152 valence electrons. The summed E-state index contributed by atoms with van der Waals surface area (Å²) in [5.74, 6) is -0.336. The number of carbonyl (C=O) groups is 1. The van der Waals surface area contributed by atoms with Crippen molar-refractivity contribution in [3.63, 3.8) is 0 Å². The quantitative estimate of drug-likeness (QED) is 0.764. The molecule has 0 saturated carbocycles. The lowest BCUT2D eigenvalue weighted by atomic mass is 10.0. The smallest absolute Gasteiger partial charge is 0.244 e. The van der Waals surface area contributed by atoms with Gasteiger partial charge in [-0.2, -0.15) is 0 Å². The highest BCUT2D eigenvalue weighted by molar-refractivity contribution is 7.92. The first-order valence-corrected chi connectivity index (χ1v) is 11.3. The van der Waals surface area contributed by atoms with E-state index in [9.17, 15) is 13.2 Å². The van der Waals surface area contributed by atoms with Gasteiger partial charge in [0.15, 0.2) is 0 Å². The van der Waals surface area contributed by atoms with Gasteiger partial charge in [0.1, 0.15) is 6.04 Å². The monoisotopic (exact) mass is 402 g/mol. The Morgan fingerprint density at radius 3 is 2.04 bits per heavy atom. The van der Waals surface area contributed by atoms with Gasteiger partial charge in [0.2, 0.25) is 15.9 Å². The molecule has 0 saturated heterocycles. The fraction of sp³-hybridized carbons (Fsp3) is 0.409. The first kappa shape index (κ1) is 22.0. The third-order valence-electron chi connectivity index (χ3n) is 4.80. The van der Waals surface area contributed by atoms with Crippen molar-refractivity contribution in [1.82, 2.24) is 5.32 Å². The molecule has 2 rings (SSSR count). The molecule has 1 N–H and O–H groups in total. The van der Waals surface area contributed by atoms with Crippen molar-refractivity contribution in [3.8, 4) is 0 Å². The van der Waals surface area contributed by atoms with Gasteiger partial charge in [-0.05, 0) is 68.5 Å². The van der Waals surface area contributed by atoms with Crippen molar-refractivity contribution in [2.75, 3.05) is 10.6 Å². The van der Waals surface area contributed by atoms with Crippen molar-refractivity contribution < 1.29 is 13.2 Å². The maximum Gasteiger partial charge on any atom is 0.244 e. The number of benzene rings is 2. The zero-order valence-corrected chi connectivity index (χ0v) is 18.3. The van der Waals surface area contributed by atoms with Crippen LogP contribution in [0.3, 0.4) is 0 Å². The Morgan fingerprint density at radius 1 is 1.04 bits per heavy atom. The van der Waals surface area contributed by atoms with E-state index in [4.69, 9.17) is 0 Å². The van der Waals surface area contributed by atoms with Gasteiger partial charge in [-0.15, -0.1) is 0 Å². The molecule has 0 aliphatic heterocycles. The Balaban J connectivity index is 2.25. The highest BCUT2D eigenvalue weighted by Crippen LogP contribution is 2.24. The van der Waals surface area contributed by atoms with Crippen LogP contribution in [0.5, 0.6) is 0 Å². The first-order valence-electron chi connectivity index (χ1n) is 9.49. The fourth-order valence-corrected chi connectivity index (χ4v) is 4.50. The van der Waals surface area contributed by atoms with Crippen molar-refractivity contribution in [2.24, 2.45) is 0 Å². The maximum atomic E-state index is 12.9. The fourth-order valence-electron chi connectivity index (χ4n) is 3.35. The number of amides is 1. The van der Waals surface area contributed by atoms with Crippen LogP contribution in [0, 0.1) is 13.8 Å². The van der Waals surface area contributed by atoms with Crippen LogP contribution in [0.25, 0.3) is 0 Å². The number of hydrogen-bond acceptors (Lipinski definition) is 3. The Labute approximate surface area is 168 Å². The van der Waals surface area contributed by atoms with E-state index in [1.165, 1.54) is 9.87 Å². The Kier molecular flexibility index (Phi) is 6.88. The number of sulfonamides is 1. The van der Waals surface area contributed by atoms with Crippen LogP contribution in [0.4, 0.5) is 5.69 Å². The van der Waals surface area contributed by atoms with Crippen LogP contribution in [0.2, 0.25) is 0 Å². The summed E-state index contributed by atoms with van der Waals surface area (Å²) in [6, 6.07) is 12.5. The van der Waals surface area contributed by atoms with E-state index in [1.807, 2.05) is 51.1 Å². The summed E-state index contributed by atoms with van der Waals surface area (Å²) in [5, 5.41) is 2.94. The van der Waals surface area contributed by atoms with Crippen molar-refractivity contribution >= 4 is 21.6 Å². The zero-order chi connectivity index (χ0) is 21.1. The lowest BCUT2D eigenvalue weighted by Crippen LogP contribution is -2.48. The molecular formula is C22H30N2O3S. The molecule has 28 heavy (non-hydrogen) atoms. The Hall–Kier alpha value is -2.34. The summed E-state index contributed by atoms with van der Waals surface area (Å²) in [7, 11) is -3.63. The summed E-state index contributed by atoms with van der Waals surface area (Å²) in [6.07, 6.45) is 2.08. The Bertz CT molecular complexity index is 917. The summed E-state index contributed by atoms with van der Waals surface area (Å²) in [4.78, 5) is 12.9. The lowest BCUT2D eigenvalue weighted by molar-refractivity contribution is -0.122. The van der Waals surface area contributed by atoms with Gasteiger partial charge in [-0.1, -0.05) is 37.3 Å². The van der Waals surface area contributed by atoms with Gasteiger partial charge in [0.05, 0.1) is 18.0 Å². The molecule has 0 aromatic heterocycles. The molecule has 0 bridgehead atoms. The SMILES string of the molecule is CCc1ccc([C@H](C)NC(=O)[C@@H](C)N(c2cc(C)cc(C)c2)S(C)(=O)=O)cc1. The molecule has 0 fully saturated rings. The van der Waals surface area contributed by atoms with Crippen molar-refractivity contribution in [2.45, 2.75) is 53.1 Å². The summed E-state index contributed by atoms with van der Waals surface area (Å²) in [5.41, 5.74) is 4.60. The molecule has 2 aromatic rings. The van der Waals surface area contributed by atoms with Gasteiger partial charge in [-0.25, -0.2) is 8.42 Å². The third-order valence-corrected chi connectivity index (χ3v) is 6.04. The van der Waals surface area contributed by atoms with Crippen molar-refractivity contribution in [1.29, 1.82) is 0 Å². The van der Waals surface area contributed by atoms with Crippen LogP contribution in [-0.4, -0.2) is 26.6 Å². The standard InChI is InChI=1S/C22H30N2O3S/c1-7-19-8-10-20(11-9-19)17(4)23-22(25)18(5)24(28(6,26)27)21-13-15(2)12-16(3)14-21/h8-14,17-18H,7H2,1-6H3,(H,23,25)/t17-,18+/m0/s1. The third kappa shape index (κ3) is 5.35. The predicted octanol–water partition coefficient (Wildman–Crippen LogP) is 3.90. The average molecular weight is 403 g/mol. The van der Waals surface area contributed by atoms with Crippen LogP contribution in [-0.2, 0) is 21.2 Å². The number of hydrogen-bond donors (Lipinski definition) is 1. The number of aryl methyl sites for hydroxylation is 3. The molecule has 2 aromatic carbocycles. The number of nitrogens with one attached hydrogen (secondary N) is 1. The molecule has 0 spiro atoms. The van der Waals surface area contributed by atoms with Crippen LogP contribution in [0.15, 0.2) is 42.5 Å². The molecule has 0 heterocycles. The molecule has 5 nitrogen and oxygen atoms in total. The van der Waals surface area contributed by atoms with Gasteiger partial charge in [0, 0.05) is 0 Å². The van der Waals surface area contributed by atoms with Gasteiger partial charge in [-0.3, -0.25) is 9.10 Å². The van der Waals surface area contributed by atoms with E-state index in [-0.39, 0.29) is 11.9 Å². The van der Waals surface area contributed by atoms with E-state index in [2.05, 4.69) is 12.2 Å². The molecule has 2 atom stereocenters. The van der Waals surface area contributed by atoms with E-state index in [0.717, 1.165) is 29.4 Å². The van der Waals surface area contributed by atoms with Crippen molar-refractivity contribution in [3.05, 3.63) is 64.7 Å². The Morgan fingerprint density at radius 2 is 1.57 bits per heavy atom. The van der Waals surface area contributed by atoms with Gasteiger partial charge in [0.25, 0.3) is 0 Å². The van der Waals surface area contributed by atoms with Crippen LogP contribution >= 0.6 is 0 Å². The number of rotatable bonds is 7. The molecule has 0 aliphatic rings. The summed E-state index contributed by atoms with van der Waals surface area (Å²) >= 11 is 0. The largest absolute Gasteiger partial charge is 0.348 e. The zero-order valence-electron chi connectivity index (χ0n) is 17.5.